The number of aromatic nitrogens is 4. The molecule has 0 aliphatic heterocycles. The summed E-state index contributed by atoms with van der Waals surface area (Å²) in [5.74, 6) is 0.112. The first-order valence-electron chi connectivity index (χ1n) is 13.2. The molecule has 11 heteroatoms. The van der Waals surface area contributed by atoms with Gasteiger partial charge in [0.2, 0.25) is 16.9 Å². The van der Waals surface area contributed by atoms with E-state index in [0.29, 0.717) is 23.9 Å². The maximum absolute atomic E-state index is 12.6. The van der Waals surface area contributed by atoms with Crippen LogP contribution in [-0.2, 0) is 41.8 Å². The first-order chi connectivity index (χ1) is 19.4. The van der Waals surface area contributed by atoms with Gasteiger partial charge in [0.25, 0.3) is 0 Å². The summed E-state index contributed by atoms with van der Waals surface area (Å²) < 4.78 is 0. The van der Waals surface area contributed by atoms with Crippen LogP contribution in [-0.4, -0.2) is 43.5 Å². The monoisotopic (exact) mass is 559 g/mol. The summed E-state index contributed by atoms with van der Waals surface area (Å²) in [5, 5.41) is 36.7. The van der Waals surface area contributed by atoms with E-state index in [1.54, 1.807) is 6.07 Å². The Hall–Kier alpha value is -4.06. The molecule has 0 aliphatic carbocycles. The van der Waals surface area contributed by atoms with Crippen LogP contribution in [0.1, 0.15) is 47.2 Å². The van der Waals surface area contributed by atoms with E-state index < -0.39 is 6.23 Å². The number of anilines is 2. The molecule has 2 aromatic carbocycles. The predicted molar refractivity (Wildman–Crippen MR) is 155 cm³/mol. The van der Waals surface area contributed by atoms with Gasteiger partial charge in [-0.15, -0.1) is 15.3 Å². The number of carbonyl (C=O) groups is 2. The number of benzene rings is 2. The van der Waals surface area contributed by atoms with Crippen LogP contribution in [0.3, 0.4) is 0 Å². The molecule has 4 N–H and O–H groups in total. The highest BCUT2D eigenvalue weighted by Crippen LogP contribution is 2.18. The summed E-state index contributed by atoms with van der Waals surface area (Å²) in [5.41, 5.74) is 3.80. The quantitative estimate of drug-likeness (QED) is 0.135. The number of hydrogen-bond acceptors (Lipinski definition) is 9. The highest BCUT2D eigenvalue weighted by molar-refractivity contribution is 7.15. The Kier molecular flexibility index (Phi) is 10.8. The van der Waals surface area contributed by atoms with Gasteiger partial charge in [-0.1, -0.05) is 65.9 Å². The molecule has 1 unspecified atom stereocenters. The molecule has 0 saturated heterocycles. The van der Waals surface area contributed by atoms with Gasteiger partial charge in [0.1, 0.15) is 11.2 Å². The fourth-order valence-corrected chi connectivity index (χ4v) is 4.87. The molecule has 0 saturated carbocycles. The number of nitrogens with zero attached hydrogens (tertiary/aromatic N) is 4. The van der Waals surface area contributed by atoms with Crippen LogP contribution >= 0.6 is 11.3 Å². The molecule has 0 aliphatic rings. The van der Waals surface area contributed by atoms with E-state index in [1.807, 2.05) is 60.7 Å². The zero-order chi connectivity index (χ0) is 28.2. The molecular weight excluding hydrogens is 526 g/mol. The number of aryl methyl sites for hydroxylation is 2. The summed E-state index contributed by atoms with van der Waals surface area (Å²) in [6.07, 6.45) is 3.43. The van der Waals surface area contributed by atoms with Crippen LogP contribution in [0.4, 0.5) is 10.9 Å². The number of rotatable bonds is 14. The fourth-order valence-electron chi connectivity index (χ4n) is 4.07. The van der Waals surface area contributed by atoms with Gasteiger partial charge in [0.15, 0.2) is 5.82 Å². The topological polar surface area (TPSA) is 142 Å². The van der Waals surface area contributed by atoms with E-state index in [1.165, 1.54) is 18.3 Å². The molecule has 4 aromatic rings. The van der Waals surface area contributed by atoms with Crippen LogP contribution < -0.4 is 16.0 Å². The third-order valence-corrected chi connectivity index (χ3v) is 6.88. The third kappa shape index (κ3) is 9.92. The lowest BCUT2D eigenvalue weighted by Crippen LogP contribution is -2.30. The number of aliphatic hydroxyl groups excluding tert-OH is 1. The largest absolute Gasteiger partial charge is 0.378 e. The van der Waals surface area contributed by atoms with Crippen molar-refractivity contribution in [2.24, 2.45) is 0 Å². The molecular formula is C29H33N7O3S. The standard InChI is InChI=1S/C29H33N7O3S/c1-20(37)31-25-15-14-24(33-34-25)12-5-6-13-28-35-36-29(40-28)32-27(39)18-22-10-7-11-23(16-22)19-30-26(38)17-21-8-3-2-4-9-21/h2-4,7-11,14-16,26,30,38H,5-6,12-13,17-19H2,1H3,(H,31,34,37)(H,32,36,39). The van der Waals surface area contributed by atoms with Crippen molar-refractivity contribution in [3.63, 3.8) is 0 Å². The molecule has 208 valence electrons. The van der Waals surface area contributed by atoms with Crippen LogP contribution in [0.5, 0.6) is 0 Å². The lowest BCUT2D eigenvalue weighted by Gasteiger charge is -2.13. The molecule has 0 bridgehead atoms. The lowest BCUT2D eigenvalue weighted by atomic mass is 10.1. The van der Waals surface area contributed by atoms with Crippen molar-refractivity contribution in [1.29, 1.82) is 0 Å². The van der Waals surface area contributed by atoms with E-state index in [0.717, 1.165) is 53.1 Å². The first-order valence-corrected chi connectivity index (χ1v) is 14.0. The first kappa shape index (κ1) is 28.9. The summed E-state index contributed by atoms with van der Waals surface area (Å²) in [4.78, 5) is 23.7. The minimum Gasteiger partial charge on any atom is -0.378 e. The second-order valence-corrected chi connectivity index (χ2v) is 10.5. The predicted octanol–water partition coefficient (Wildman–Crippen LogP) is 3.68. The number of unbranched alkanes of at least 4 members (excludes halogenated alkanes) is 1. The Bertz CT molecular complexity index is 1380. The average Bonchev–Trinajstić information content (AvgIpc) is 3.38. The Balaban J connectivity index is 1.16. The summed E-state index contributed by atoms with van der Waals surface area (Å²) in [7, 11) is 0. The Morgan fingerprint density at radius 3 is 2.40 bits per heavy atom. The zero-order valence-corrected chi connectivity index (χ0v) is 23.2. The van der Waals surface area contributed by atoms with Crippen molar-refractivity contribution < 1.29 is 14.7 Å². The van der Waals surface area contributed by atoms with Crippen molar-refractivity contribution in [2.45, 2.75) is 58.2 Å². The van der Waals surface area contributed by atoms with E-state index in [9.17, 15) is 14.7 Å². The highest BCUT2D eigenvalue weighted by atomic mass is 32.1. The van der Waals surface area contributed by atoms with Crippen LogP contribution in [0, 0.1) is 0 Å². The Morgan fingerprint density at radius 2 is 1.62 bits per heavy atom. The van der Waals surface area contributed by atoms with Gasteiger partial charge in [0.05, 0.1) is 12.1 Å². The second kappa shape index (κ2) is 14.9. The SMILES string of the molecule is CC(=O)Nc1ccc(CCCCc2nnc(NC(=O)Cc3cccc(CNC(O)Cc4ccccc4)c3)s2)nn1. The minimum atomic E-state index is -0.655. The minimum absolute atomic E-state index is 0.154. The Morgan fingerprint density at radius 1 is 0.850 bits per heavy atom. The van der Waals surface area contributed by atoms with Crippen molar-refractivity contribution >= 4 is 34.1 Å². The van der Waals surface area contributed by atoms with Crippen molar-refractivity contribution in [2.75, 3.05) is 10.6 Å². The second-order valence-electron chi connectivity index (χ2n) is 9.43. The average molecular weight is 560 g/mol. The molecule has 2 heterocycles. The summed E-state index contributed by atoms with van der Waals surface area (Å²) in [6.45, 7) is 1.93. The van der Waals surface area contributed by atoms with Gasteiger partial charge in [-0.2, -0.15) is 5.10 Å². The van der Waals surface area contributed by atoms with E-state index in [2.05, 4.69) is 36.3 Å². The molecule has 40 heavy (non-hydrogen) atoms. The normalized spacial score (nSPS) is 11.7. The number of aliphatic hydroxyl groups is 1. The van der Waals surface area contributed by atoms with Gasteiger partial charge in [-0.05, 0) is 48.1 Å². The van der Waals surface area contributed by atoms with Crippen molar-refractivity contribution in [3.05, 3.63) is 94.1 Å². The maximum atomic E-state index is 12.6. The number of carbonyl (C=O) groups excluding carboxylic acids is 2. The molecule has 2 amide bonds. The fraction of sp³-hybridized carbons (Fsp3) is 0.310. The van der Waals surface area contributed by atoms with Crippen LogP contribution in [0.15, 0.2) is 66.7 Å². The van der Waals surface area contributed by atoms with Gasteiger partial charge in [0, 0.05) is 26.3 Å². The van der Waals surface area contributed by atoms with Crippen molar-refractivity contribution in [1.82, 2.24) is 25.7 Å². The Labute approximate surface area is 237 Å². The zero-order valence-electron chi connectivity index (χ0n) is 22.3. The third-order valence-electron chi connectivity index (χ3n) is 5.98. The molecule has 0 radical (unpaired) electrons. The van der Waals surface area contributed by atoms with Gasteiger partial charge in [-0.25, -0.2) is 0 Å². The molecule has 2 aromatic heterocycles. The van der Waals surface area contributed by atoms with Crippen LogP contribution in [0.25, 0.3) is 0 Å². The molecule has 0 spiro atoms. The van der Waals surface area contributed by atoms with E-state index in [-0.39, 0.29) is 18.2 Å². The molecule has 1 atom stereocenters. The van der Waals surface area contributed by atoms with Gasteiger partial charge in [-0.3, -0.25) is 14.9 Å². The number of nitrogens with one attached hydrogen (secondary N) is 3. The van der Waals surface area contributed by atoms with Gasteiger partial charge >= 0.3 is 0 Å². The van der Waals surface area contributed by atoms with E-state index >= 15 is 0 Å². The van der Waals surface area contributed by atoms with Crippen LogP contribution in [0.2, 0.25) is 0 Å². The summed E-state index contributed by atoms with van der Waals surface area (Å²) >= 11 is 1.38. The van der Waals surface area contributed by atoms with Gasteiger partial charge < -0.3 is 15.7 Å². The lowest BCUT2D eigenvalue weighted by molar-refractivity contribution is -0.116. The molecule has 0 fully saturated rings. The summed E-state index contributed by atoms with van der Waals surface area (Å²) in [6, 6.07) is 21.2. The highest BCUT2D eigenvalue weighted by Gasteiger charge is 2.11. The maximum Gasteiger partial charge on any atom is 0.230 e. The number of hydrogen-bond donors (Lipinski definition) is 4. The smallest absolute Gasteiger partial charge is 0.230 e. The molecule has 4 rings (SSSR count). The van der Waals surface area contributed by atoms with E-state index in [4.69, 9.17) is 0 Å². The molecule has 10 nitrogen and oxygen atoms in total. The number of amides is 2. The van der Waals surface area contributed by atoms with Crippen molar-refractivity contribution in [3.8, 4) is 0 Å².